The maximum Gasteiger partial charge on any atom is 0.308 e. The van der Waals surface area contributed by atoms with Gasteiger partial charge < -0.3 is 38.8 Å². The predicted octanol–water partition coefficient (Wildman–Crippen LogP) is 27.4. The molecule has 0 bridgehead atoms. The smallest absolute Gasteiger partial charge is 0.308 e. The molecule has 0 aromatic heterocycles. The number of esters is 4. The second-order valence-electron chi connectivity index (χ2n) is 33.7. The molecule has 4 atom stereocenters. The third-order valence-electron chi connectivity index (χ3n) is 23.4. The van der Waals surface area contributed by atoms with Crippen molar-refractivity contribution in [3.8, 4) is 0 Å². The van der Waals surface area contributed by atoms with Crippen LogP contribution >= 0.6 is 0 Å². The third kappa shape index (κ3) is 70.4. The Labute approximate surface area is 673 Å². The standard InChI is InChI=1S/C96H189N3O9/c1-9-17-25-33-37-53-71-89(67-49-29-21-13-5)93(101)105-85-63-45-41-57-75-97(76-58-42-46-64-86-106-94(102)90(68-50-30-22-14-6)72-54-38-34-26-18-10-2)80-82-99(79-61-62-84-100)83-81-98(77-59-43-47-65-87-107-95(103)91(69-51-31-23-15-7)73-55-39-35-27-19-11-3)78-60-44-48-66-88-108-96(104)92(70-52-32-24-16-8)74-56-40-36-28-20-12-4/h89-92,100H,9-88H2,1-8H3. The van der Waals surface area contributed by atoms with Crippen LogP contribution < -0.4 is 0 Å². The van der Waals surface area contributed by atoms with Crippen LogP contribution in [0.1, 0.15) is 479 Å². The number of unbranched alkanes of at least 4 members (excludes halogenated alkanes) is 45. The van der Waals surface area contributed by atoms with Crippen LogP contribution in [-0.4, -0.2) is 136 Å². The SMILES string of the molecule is CCCCCCCCC(CCCCCC)C(=O)OCCCCCCN(CCCCCCOC(=O)C(CCCCCC)CCCCCCCC)CCN(CCCCO)CCN(CCCCCCOC(=O)C(CCCCCC)CCCCCCCC)CCCCCCOC(=O)C(CCCCCC)CCCCCCCC. The van der Waals surface area contributed by atoms with Crippen LogP contribution in [0.5, 0.6) is 0 Å². The number of hydrogen-bond acceptors (Lipinski definition) is 12. The van der Waals surface area contributed by atoms with Crippen molar-refractivity contribution >= 4 is 23.9 Å². The third-order valence-corrected chi connectivity index (χ3v) is 23.4. The highest BCUT2D eigenvalue weighted by Crippen LogP contribution is 2.26. The van der Waals surface area contributed by atoms with Gasteiger partial charge in [-0.25, -0.2) is 0 Å². The van der Waals surface area contributed by atoms with E-state index < -0.39 is 0 Å². The molecule has 0 radical (unpaired) electrons. The largest absolute Gasteiger partial charge is 0.465 e. The molecule has 4 unspecified atom stereocenters. The van der Waals surface area contributed by atoms with E-state index >= 15 is 0 Å². The summed E-state index contributed by atoms with van der Waals surface area (Å²) in [6, 6.07) is 0. The van der Waals surface area contributed by atoms with Crippen molar-refractivity contribution in [2.75, 3.05) is 91.9 Å². The van der Waals surface area contributed by atoms with Crippen molar-refractivity contribution in [2.24, 2.45) is 23.7 Å². The molecule has 0 rings (SSSR count). The van der Waals surface area contributed by atoms with E-state index in [9.17, 15) is 24.3 Å². The number of aliphatic hydroxyl groups is 1. The minimum absolute atomic E-state index is 0.0457. The van der Waals surface area contributed by atoms with Gasteiger partial charge in [-0.15, -0.1) is 0 Å². The number of ether oxygens (including phenoxy) is 4. The Hall–Kier alpha value is -2.28. The molecule has 0 aromatic rings. The highest BCUT2D eigenvalue weighted by molar-refractivity contribution is 5.73. The van der Waals surface area contributed by atoms with E-state index in [2.05, 4.69) is 70.1 Å². The molecule has 0 fully saturated rings. The molecule has 0 aromatic carbocycles. The summed E-state index contributed by atoms with van der Waals surface area (Å²) in [4.78, 5) is 62.2. The second-order valence-corrected chi connectivity index (χ2v) is 33.7. The van der Waals surface area contributed by atoms with E-state index in [1.54, 1.807) is 0 Å². The first-order valence-corrected chi connectivity index (χ1v) is 48.5. The molecule has 0 heterocycles. The zero-order valence-corrected chi connectivity index (χ0v) is 73.9. The quantitative estimate of drug-likeness (QED) is 0.0353. The Morgan fingerprint density at radius 1 is 0.194 bits per heavy atom. The summed E-state index contributed by atoms with van der Waals surface area (Å²) < 4.78 is 24.2. The van der Waals surface area contributed by atoms with Crippen LogP contribution in [0, 0.1) is 23.7 Å². The fraction of sp³-hybridized carbons (Fsp3) is 0.958. The Bertz CT molecular complexity index is 1620. The van der Waals surface area contributed by atoms with Gasteiger partial charge in [0.05, 0.1) is 50.1 Å². The molecule has 0 amide bonds. The van der Waals surface area contributed by atoms with Crippen molar-refractivity contribution in [1.29, 1.82) is 0 Å². The highest BCUT2D eigenvalue weighted by atomic mass is 16.5. The van der Waals surface area contributed by atoms with Crippen molar-refractivity contribution in [1.82, 2.24) is 14.7 Å². The molecule has 0 saturated heterocycles. The highest BCUT2D eigenvalue weighted by Gasteiger charge is 2.24. The Morgan fingerprint density at radius 2 is 0.343 bits per heavy atom. The zero-order valence-electron chi connectivity index (χ0n) is 73.9. The van der Waals surface area contributed by atoms with Gasteiger partial charge in [0.25, 0.3) is 0 Å². The molecular formula is C96H189N3O9. The molecule has 0 spiro atoms. The molecule has 0 aliphatic carbocycles. The summed E-state index contributed by atoms with van der Waals surface area (Å²) in [5.41, 5.74) is 0. The topological polar surface area (TPSA) is 135 Å². The van der Waals surface area contributed by atoms with Crippen molar-refractivity contribution < 1.29 is 43.2 Å². The first-order chi connectivity index (χ1) is 53.1. The van der Waals surface area contributed by atoms with E-state index in [0.717, 1.165) is 277 Å². The number of nitrogens with zero attached hydrogens (tertiary/aromatic N) is 3. The van der Waals surface area contributed by atoms with Gasteiger partial charge in [0.1, 0.15) is 0 Å². The van der Waals surface area contributed by atoms with Crippen LogP contribution in [0.2, 0.25) is 0 Å². The van der Waals surface area contributed by atoms with Crippen molar-refractivity contribution in [3.05, 3.63) is 0 Å². The van der Waals surface area contributed by atoms with Gasteiger partial charge in [-0.05, 0) is 148 Å². The van der Waals surface area contributed by atoms with E-state index in [1.807, 2.05) is 0 Å². The summed E-state index contributed by atoms with van der Waals surface area (Å²) in [6.07, 6.45) is 75.6. The molecule has 642 valence electrons. The van der Waals surface area contributed by atoms with E-state index in [1.165, 1.54) is 205 Å². The van der Waals surface area contributed by atoms with Crippen LogP contribution in [0.15, 0.2) is 0 Å². The Morgan fingerprint density at radius 3 is 0.537 bits per heavy atom. The monoisotopic (exact) mass is 1530 g/mol. The van der Waals surface area contributed by atoms with Crippen LogP contribution in [0.25, 0.3) is 0 Å². The van der Waals surface area contributed by atoms with Gasteiger partial charge in [-0.3, -0.25) is 19.2 Å². The average molecular weight is 1530 g/mol. The number of aliphatic hydroxyl groups excluding tert-OH is 1. The van der Waals surface area contributed by atoms with Gasteiger partial charge in [-0.2, -0.15) is 0 Å². The van der Waals surface area contributed by atoms with E-state index in [4.69, 9.17) is 18.9 Å². The van der Waals surface area contributed by atoms with Gasteiger partial charge in [-0.1, -0.05) is 364 Å². The summed E-state index contributed by atoms with van der Waals surface area (Å²) in [7, 11) is 0. The van der Waals surface area contributed by atoms with Gasteiger partial charge >= 0.3 is 23.9 Å². The Kier molecular flexibility index (Phi) is 83.8. The van der Waals surface area contributed by atoms with Crippen LogP contribution in [-0.2, 0) is 38.1 Å². The Balaban J connectivity index is 6.26. The van der Waals surface area contributed by atoms with E-state index in [0.29, 0.717) is 26.4 Å². The lowest BCUT2D eigenvalue weighted by Crippen LogP contribution is -2.41. The second kappa shape index (κ2) is 85.6. The lowest BCUT2D eigenvalue weighted by molar-refractivity contribution is -0.150. The lowest BCUT2D eigenvalue weighted by atomic mass is 9.94. The van der Waals surface area contributed by atoms with Crippen LogP contribution in [0.3, 0.4) is 0 Å². The summed E-state index contributed by atoms with van der Waals surface area (Å²) in [6.45, 7) is 29.7. The van der Waals surface area contributed by atoms with Gasteiger partial charge in [0.15, 0.2) is 0 Å². The normalized spacial score (nSPS) is 12.9. The molecule has 1 N–H and O–H groups in total. The van der Waals surface area contributed by atoms with Crippen molar-refractivity contribution in [3.63, 3.8) is 0 Å². The summed E-state index contributed by atoms with van der Waals surface area (Å²) >= 11 is 0. The molecule has 0 saturated carbocycles. The predicted molar refractivity (Wildman–Crippen MR) is 464 cm³/mol. The molecule has 0 aliphatic rings. The van der Waals surface area contributed by atoms with Crippen LogP contribution in [0.4, 0.5) is 0 Å². The molecule has 0 aliphatic heterocycles. The number of rotatable bonds is 90. The molecular weight excluding hydrogens is 1340 g/mol. The zero-order chi connectivity index (χ0) is 78.7. The number of hydrogen-bond donors (Lipinski definition) is 1. The number of carbonyl (C=O) groups excluding carboxylic acids is 4. The lowest BCUT2D eigenvalue weighted by Gasteiger charge is -2.30. The first-order valence-electron chi connectivity index (χ1n) is 48.5. The molecule has 12 nitrogen and oxygen atoms in total. The average Bonchev–Trinajstić information content (AvgIpc) is 0.983. The maximum absolute atomic E-state index is 13.5. The minimum atomic E-state index is 0.0457. The molecule has 12 heteroatoms. The fourth-order valence-corrected chi connectivity index (χ4v) is 15.8. The maximum atomic E-state index is 13.5. The first kappa shape index (κ1) is 106. The summed E-state index contributed by atoms with van der Waals surface area (Å²) in [5, 5.41) is 10.0. The van der Waals surface area contributed by atoms with Crippen molar-refractivity contribution in [2.45, 2.75) is 479 Å². The summed E-state index contributed by atoms with van der Waals surface area (Å²) in [5.74, 6) is 0.372. The fourth-order valence-electron chi connectivity index (χ4n) is 15.8. The van der Waals surface area contributed by atoms with E-state index in [-0.39, 0.29) is 54.2 Å². The minimum Gasteiger partial charge on any atom is -0.465 e. The molecule has 108 heavy (non-hydrogen) atoms. The number of carbonyl (C=O) groups is 4. The van der Waals surface area contributed by atoms with Gasteiger partial charge in [0, 0.05) is 32.8 Å². The van der Waals surface area contributed by atoms with Gasteiger partial charge in [0.2, 0.25) is 0 Å².